The number of ether oxygens (including phenoxy) is 3. The maximum atomic E-state index is 15.1. The smallest absolute Gasteiger partial charge is 0.261 e. The van der Waals surface area contributed by atoms with Crippen LogP contribution in [0.4, 0.5) is 10.1 Å². The van der Waals surface area contributed by atoms with Gasteiger partial charge in [-0.1, -0.05) is 0 Å². The zero-order chi connectivity index (χ0) is 29.3. The lowest BCUT2D eigenvalue weighted by Gasteiger charge is -2.19. The van der Waals surface area contributed by atoms with Crippen LogP contribution in [0.25, 0.3) is 11.0 Å². The van der Waals surface area contributed by atoms with E-state index in [1.807, 2.05) is 0 Å². The number of carbonyl (C=O) groups is 2. The molecule has 0 spiro atoms. The summed E-state index contributed by atoms with van der Waals surface area (Å²) in [6, 6.07) is 6.97. The van der Waals surface area contributed by atoms with Crippen molar-refractivity contribution in [3.05, 3.63) is 75.1 Å². The minimum atomic E-state index is -0.778. The average Bonchev–Trinajstić information content (AvgIpc) is 2.92. The number of hydrogen-bond acceptors (Lipinski definition) is 8. The van der Waals surface area contributed by atoms with E-state index in [0.717, 1.165) is 6.07 Å². The molecule has 3 heterocycles. The number of rotatable bonds is 7. The number of carbonyl (C=O) groups excluding carboxylic acids is 2. The number of nitrogens with one attached hydrogen (secondary N) is 1. The molecule has 4 aromatic rings. The lowest BCUT2D eigenvalue weighted by molar-refractivity contribution is 0.0824. The van der Waals surface area contributed by atoms with Crippen LogP contribution in [0.5, 0.6) is 23.1 Å². The van der Waals surface area contributed by atoms with E-state index in [4.69, 9.17) is 14.2 Å². The number of methoxy groups -OCH3 is 2. The Hall–Kier alpha value is -5.00. The first-order valence-electron chi connectivity index (χ1n) is 12.1. The van der Waals surface area contributed by atoms with Crippen LogP contribution >= 0.6 is 0 Å². The number of nitrogens with zero attached hydrogens (tertiary/aromatic N) is 4. The van der Waals surface area contributed by atoms with Crippen molar-refractivity contribution in [2.45, 2.75) is 13.8 Å². The fourth-order valence-corrected chi connectivity index (χ4v) is 4.14. The van der Waals surface area contributed by atoms with Gasteiger partial charge in [0.2, 0.25) is 5.43 Å². The van der Waals surface area contributed by atoms with Crippen LogP contribution in [0.1, 0.15) is 32.1 Å². The van der Waals surface area contributed by atoms with Crippen LogP contribution in [-0.4, -0.2) is 59.6 Å². The van der Waals surface area contributed by atoms with Crippen LogP contribution in [-0.2, 0) is 7.05 Å². The number of benzene rings is 1. The second-order valence-electron chi connectivity index (χ2n) is 9.09. The van der Waals surface area contributed by atoms with Gasteiger partial charge in [-0.3, -0.25) is 19.4 Å². The highest BCUT2D eigenvalue weighted by atomic mass is 19.1. The first-order valence-corrected chi connectivity index (χ1v) is 12.1. The summed E-state index contributed by atoms with van der Waals surface area (Å²) in [5.41, 5.74) is 0.630. The van der Waals surface area contributed by atoms with E-state index in [-0.39, 0.29) is 34.2 Å². The summed E-state index contributed by atoms with van der Waals surface area (Å²) in [4.78, 5) is 48.9. The molecule has 3 aromatic heterocycles. The highest BCUT2D eigenvalue weighted by Crippen LogP contribution is 2.35. The number of fused-ring (bicyclic) bond motifs is 1. The highest BCUT2D eigenvalue weighted by Gasteiger charge is 2.26. The van der Waals surface area contributed by atoms with Gasteiger partial charge < -0.3 is 29.0 Å². The predicted octanol–water partition coefficient (Wildman–Crippen LogP) is 3.85. The Morgan fingerprint density at radius 3 is 2.30 bits per heavy atom. The average molecular weight is 550 g/mol. The zero-order valence-corrected chi connectivity index (χ0v) is 23.1. The SMILES string of the molecule is COc1cc2nccc(Oc3ccc(NC(=O)c4c(C)n(C)c(C)c(C(=O)N(C)C)c4=O)cc3F)c2nc1OC. The summed E-state index contributed by atoms with van der Waals surface area (Å²) in [7, 11) is 7.61. The van der Waals surface area contributed by atoms with E-state index in [1.165, 1.54) is 57.6 Å². The normalized spacial score (nSPS) is 10.8. The molecule has 12 heteroatoms. The molecular weight excluding hydrogens is 521 g/mol. The number of anilines is 1. The number of halogens is 1. The van der Waals surface area contributed by atoms with Gasteiger partial charge in [-0.2, -0.15) is 0 Å². The lowest BCUT2D eigenvalue weighted by Crippen LogP contribution is -2.35. The second-order valence-corrected chi connectivity index (χ2v) is 9.09. The summed E-state index contributed by atoms with van der Waals surface area (Å²) < 4.78 is 33.0. The molecule has 208 valence electrons. The van der Waals surface area contributed by atoms with E-state index in [9.17, 15) is 14.4 Å². The van der Waals surface area contributed by atoms with Crippen molar-refractivity contribution < 1.29 is 28.2 Å². The molecule has 0 aliphatic heterocycles. The van der Waals surface area contributed by atoms with Gasteiger partial charge in [0.05, 0.1) is 19.7 Å². The lowest BCUT2D eigenvalue weighted by atomic mass is 10.0. The maximum Gasteiger partial charge on any atom is 0.261 e. The van der Waals surface area contributed by atoms with Crippen molar-refractivity contribution in [1.29, 1.82) is 0 Å². The Kier molecular flexibility index (Phi) is 7.71. The fourth-order valence-electron chi connectivity index (χ4n) is 4.14. The fraction of sp³-hybridized carbons (Fsp3) is 0.250. The quantitative estimate of drug-likeness (QED) is 0.369. The Morgan fingerprint density at radius 1 is 0.975 bits per heavy atom. The molecule has 0 aliphatic carbocycles. The minimum Gasteiger partial charge on any atom is -0.491 e. The molecule has 0 fully saturated rings. The third-order valence-corrected chi connectivity index (χ3v) is 6.46. The molecule has 0 saturated carbocycles. The van der Waals surface area contributed by atoms with E-state index in [1.54, 1.807) is 31.5 Å². The van der Waals surface area contributed by atoms with Crippen molar-refractivity contribution in [2.24, 2.45) is 7.05 Å². The zero-order valence-electron chi connectivity index (χ0n) is 23.1. The first kappa shape index (κ1) is 28.0. The van der Waals surface area contributed by atoms with E-state index in [2.05, 4.69) is 15.3 Å². The number of amides is 2. The van der Waals surface area contributed by atoms with Crippen LogP contribution in [0.2, 0.25) is 0 Å². The molecular formula is C28H28FN5O6. The molecule has 0 unspecified atom stereocenters. The molecule has 4 rings (SSSR count). The third kappa shape index (κ3) is 5.03. The topological polar surface area (TPSA) is 125 Å². The number of pyridine rings is 3. The van der Waals surface area contributed by atoms with Gasteiger partial charge in [-0.25, -0.2) is 9.37 Å². The van der Waals surface area contributed by atoms with Gasteiger partial charge in [0, 0.05) is 62.6 Å². The highest BCUT2D eigenvalue weighted by molar-refractivity contribution is 6.07. The Labute approximate surface area is 229 Å². The molecule has 0 atom stereocenters. The molecule has 2 amide bonds. The number of hydrogen-bond donors (Lipinski definition) is 1. The summed E-state index contributed by atoms with van der Waals surface area (Å²) in [5.74, 6) is -1.40. The van der Waals surface area contributed by atoms with Crippen LogP contribution < -0.4 is 25.0 Å². The number of aromatic nitrogens is 3. The summed E-state index contributed by atoms with van der Waals surface area (Å²) >= 11 is 0. The Morgan fingerprint density at radius 2 is 1.68 bits per heavy atom. The molecule has 1 N–H and O–H groups in total. The minimum absolute atomic E-state index is 0.0847. The largest absolute Gasteiger partial charge is 0.491 e. The van der Waals surface area contributed by atoms with Gasteiger partial charge >= 0.3 is 0 Å². The third-order valence-electron chi connectivity index (χ3n) is 6.46. The maximum absolute atomic E-state index is 15.1. The molecule has 0 bridgehead atoms. The molecule has 1 aromatic carbocycles. The van der Waals surface area contributed by atoms with Crippen LogP contribution in [0, 0.1) is 19.7 Å². The molecule has 0 radical (unpaired) electrons. The van der Waals surface area contributed by atoms with E-state index >= 15 is 4.39 Å². The monoisotopic (exact) mass is 549 g/mol. The summed E-state index contributed by atoms with van der Waals surface area (Å²) in [6.07, 6.45) is 1.48. The predicted molar refractivity (Wildman–Crippen MR) is 146 cm³/mol. The molecule has 40 heavy (non-hydrogen) atoms. The van der Waals surface area contributed by atoms with Crippen molar-refractivity contribution in [1.82, 2.24) is 19.4 Å². The summed E-state index contributed by atoms with van der Waals surface area (Å²) in [6.45, 7) is 3.23. The molecule has 0 aliphatic rings. The summed E-state index contributed by atoms with van der Waals surface area (Å²) in [5, 5.41) is 2.55. The van der Waals surface area contributed by atoms with Gasteiger partial charge in [0.25, 0.3) is 17.7 Å². The van der Waals surface area contributed by atoms with Crippen LogP contribution in [0.3, 0.4) is 0 Å². The Balaban J connectivity index is 1.65. The van der Waals surface area contributed by atoms with Gasteiger partial charge in [-0.15, -0.1) is 0 Å². The van der Waals surface area contributed by atoms with Gasteiger partial charge in [0.15, 0.2) is 23.1 Å². The van der Waals surface area contributed by atoms with Crippen molar-refractivity contribution in [2.75, 3.05) is 33.6 Å². The van der Waals surface area contributed by atoms with E-state index < -0.39 is 23.1 Å². The van der Waals surface area contributed by atoms with Crippen LogP contribution in [0.15, 0.2) is 41.3 Å². The second kappa shape index (κ2) is 11.0. The Bertz CT molecular complexity index is 1720. The first-order chi connectivity index (χ1) is 19.0. The van der Waals surface area contributed by atoms with Crippen molar-refractivity contribution in [3.63, 3.8) is 0 Å². The van der Waals surface area contributed by atoms with Gasteiger partial charge in [0.1, 0.15) is 16.6 Å². The molecule has 0 saturated heterocycles. The van der Waals surface area contributed by atoms with Crippen molar-refractivity contribution >= 4 is 28.5 Å². The molecule has 11 nitrogen and oxygen atoms in total. The van der Waals surface area contributed by atoms with E-state index in [0.29, 0.717) is 28.2 Å². The standard InChI is InChI=1S/C28H28FN5O6/c1-14-22(25(35)23(15(2)34(14)5)28(37)33(3)4)26(36)31-16-8-9-19(17(29)12-16)40-20-10-11-30-18-13-21(38-6)27(39-7)32-24(18)20/h8-13H,1-7H3,(H,31,36). The van der Waals surface area contributed by atoms with Crippen molar-refractivity contribution in [3.8, 4) is 23.1 Å². The van der Waals surface area contributed by atoms with Gasteiger partial charge in [-0.05, 0) is 26.0 Å².